The van der Waals surface area contributed by atoms with E-state index >= 15 is 8.78 Å². The highest BCUT2D eigenvalue weighted by Crippen LogP contribution is 2.46. The average molecular weight is 1450 g/mol. The van der Waals surface area contributed by atoms with E-state index in [-0.39, 0.29) is 89.0 Å². The molecule has 34 heteroatoms. The van der Waals surface area contributed by atoms with Gasteiger partial charge in [0, 0.05) is 96.1 Å². The highest BCUT2D eigenvalue weighted by atomic mass is 35.5. The molecule has 3 aromatic carbocycles. The number of rotatable bonds is 44. The smallest absolute Gasteiger partial charge is 0.328 e. The molecule has 0 spiro atoms. The summed E-state index contributed by atoms with van der Waals surface area (Å²) < 4.78 is 113. The minimum absolute atomic E-state index is 0.00510. The van der Waals surface area contributed by atoms with Crippen molar-refractivity contribution >= 4 is 99.5 Å². The summed E-state index contributed by atoms with van der Waals surface area (Å²) in [7, 11) is 0. The number of benzene rings is 4. The maximum atomic E-state index is 16.6. The number of alkyl halides is 1. The van der Waals surface area contributed by atoms with Crippen molar-refractivity contribution < 1.29 is 132 Å². The minimum Gasteiger partial charge on any atom is -0.488 e. The molecule has 5 rings (SSSR count). The normalized spacial score (nSPS) is 10.8. The van der Waals surface area contributed by atoms with Crippen molar-refractivity contribution in [2.45, 2.75) is 87.1 Å². The Morgan fingerprint density at radius 2 is 1.01 bits per heavy atom. The molecule has 101 heavy (non-hydrogen) atoms. The number of fused-ring (bicyclic) bond motifs is 2. The number of unbranched alkanes of at least 4 members (excludes halogenated alkanes) is 3. The summed E-state index contributed by atoms with van der Waals surface area (Å²) in [6.45, 7) is 0.694. The third-order valence-electron chi connectivity index (χ3n) is 13.9. The van der Waals surface area contributed by atoms with E-state index in [2.05, 4.69) is 5.32 Å². The largest absolute Gasteiger partial charge is 0.488 e. The number of nitrogens with one attached hydrogen (secondary N) is 1. The first-order valence-corrected chi connectivity index (χ1v) is 31.9. The highest BCUT2D eigenvalue weighted by Gasteiger charge is 2.30. The molecule has 1 N–H and O–H groups in total. The maximum absolute atomic E-state index is 16.6. The van der Waals surface area contributed by atoms with Gasteiger partial charge >= 0.3 is 53.7 Å². The van der Waals surface area contributed by atoms with Crippen LogP contribution in [0, 0.1) is 18.6 Å². The SMILES string of the molecule is CC(=O)OCOC(=O)CN(CC(=O)OCOC(C)=O)c1ccc(C)cc1OCCOc1cc(-c2c3cc(F)c(=O)c(CN(CCC(=O)NCCOCCOCCCCCCCl)C(C)=O)c-3oc3cc(OCOC(C)=O)c(F)cc23)ccc1N(CC(=O)OCOC(C)=O)CC(=O)OCOC(C)=O. The van der Waals surface area contributed by atoms with E-state index in [1.807, 2.05) is 0 Å². The Morgan fingerprint density at radius 1 is 0.515 bits per heavy atom. The Hall–Kier alpha value is -10.4. The van der Waals surface area contributed by atoms with Gasteiger partial charge < -0.3 is 90.7 Å². The first-order chi connectivity index (χ1) is 48.2. The van der Waals surface area contributed by atoms with Crippen molar-refractivity contribution in [3.8, 4) is 39.7 Å². The Bertz CT molecular complexity index is 3670. The summed E-state index contributed by atoms with van der Waals surface area (Å²) in [5.41, 5.74) is -1.67. The van der Waals surface area contributed by atoms with E-state index < -0.39 is 174 Å². The summed E-state index contributed by atoms with van der Waals surface area (Å²) in [4.78, 5) is 155. The van der Waals surface area contributed by atoms with E-state index in [1.165, 1.54) is 35.2 Å². The quantitative estimate of drug-likeness (QED) is 0.0115. The molecule has 31 nitrogen and oxygen atoms in total. The van der Waals surface area contributed by atoms with Crippen LogP contribution >= 0.6 is 11.6 Å². The lowest BCUT2D eigenvalue weighted by Crippen LogP contribution is -2.37. The molecule has 2 aliphatic rings. The van der Waals surface area contributed by atoms with Crippen LogP contribution < -0.4 is 34.8 Å². The van der Waals surface area contributed by atoms with E-state index in [0.29, 0.717) is 24.7 Å². The zero-order chi connectivity index (χ0) is 74.0. The fourth-order valence-corrected chi connectivity index (χ4v) is 9.39. The lowest BCUT2D eigenvalue weighted by atomic mass is 9.90. The molecule has 0 aromatic heterocycles. The minimum atomic E-state index is -1.37. The number of amides is 2. The molecule has 1 aliphatic heterocycles. The van der Waals surface area contributed by atoms with Crippen LogP contribution in [0.2, 0.25) is 0 Å². The van der Waals surface area contributed by atoms with Crippen LogP contribution in [-0.4, -0.2) is 189 Å². The molecule has 550 valence electrons. The summed E-state index contributed by atoms with van der Waals surface area (Å²) in [6.07, 6.45) is 3.54. The number of nitrogens with zero attached hydrogens (tertiary/aromatic N) is 3. The lowest BCUT2D eigenvalue weighted by Gasteiger charge is -2.27. The molecule has 0 atom stereocenters. The fourth-order valence-electron chi connectivity index (χ4n) is 9.20. The summed E-state index contributed by atoms with van der Waals surface area (Å²) >= 11 is 5.73. The molecule has 0 radical (unpaired) electrons. The van der Waals surface area contributed by atoms with Gasteiger partial charge in [0.15, 0.2) is 17.4 Å². The van der Waals surface area contributed by atoms with Gasteiger partial charge in [-0.1, -0.05) is 25.0 Å². The van der Waals surface area contributed by atoms with Gasteiger partial charge in [0.1, 0.15) is 62.2 Å². The van der Waals surface area contributed by atoms with E-state index in [4.69, 9.17) is 82.3 Å². The van der Waals surface area contributed by atoms with Crippen LogP contribution in [0.5, 0.6) is 17.2 Å². The van der Waals surface area contributed by atoms with Crippen LogP contribution in [0.3, 0.4) is 0 Å². The number of hydrogen-bond donors (Lipinski definition) is 1. The number of carbonyl (C=O) groups excluding carboxylic acids is 11. The zero-order valence-electron chi connectivity index (χ0n) is 56.7. The number of ether oxygens (including phenoxy) is 14. The zero-order valence-corrected chi connectivity index (χ0v) is 57.4. The number of anilines is 2. The molecule has 0 bridgehead atoms. The topological polar surface area (TPSA) is 369 Å². The molecule has 0 unspecified atom stereocenters. The van der Waals surface area contributed by atoms with Crippen LogP contribution in [-0.2, 0) is 111 Å². The van der Waals surface area contributed by atoms with Crippen molar-refractivity contribution in [3.63, 3.8) is 0 Å². The van der Waals surface area contributed by atoms with E-state index in [9.17, 15) is 57.5 Å². The van der Waals surface area contributed by atoms with Crippen molar-refractivity contribution in [1.82, 2.24) is 10.2 Å². The van der Waals surface area contributed by atoms with E-state index in [0.717, 1.165) is 95.2 Å². The molecule has 0 saturated carbocycles. The van der Waals surface area contributed by atoms with E-state index in [1.54, 1.807) is 13.0 Å². The number of esters is 9. The summed E-state index contributed by atoms with van der Waals surface area (Å²) in [5, 5.41) is 2.57. The molecule has 0 saturated heterocycles. The number of carbonyl (C=O) groups is 11. The van der Waals surface area contributed by atoms with Gasteiger partial charge in [0.05, 0.1) is 43.3 Å². The standard InChI is InChI=1S/C67H79ClF2N4O27/c1-41-12-14-54(73(32-61(82)97-37-92-44(4)77)33-62(83)98-38-93-45(5)78)58(26-41)89-24-25-90-59-27-48(13-15-55(59)74(34-63(84)99-39-94-46(6)79)35-64(85)100-40-95-47(7)80)65-49-28-52(69)57(96-36-91-43(3)76)30-56(49)101-67-50(65)29-53(70)66(86)51(67)31-72(42(2)75)19-16-60(81)71-18-21-88-23-22-87-20-11-9-8-10-17-68/h12-15,26-30H,8-11,16-25,31-40H2,1-7H3,(H,71,81). The van der Waals surface area contributed by atoms with Crippen LogP contribution in [0.25, 0.3) is 33.4 Å². The van der Waals surface area contributed by atoms with Gasteiger partial charge in [-0.15, -0.1) is 11.6 Å². The fraction of sp³-hybridized carbons (Fsp3) is 0.463. The second kappa shape index (κ2) is 42.5. The lowest BCUT2D eigenvalue weighted by molar-refractivity contribution is -0.167. The molecule has 3 aromatic rings. The number of halogens is 3. The van der Waals surface area contributed by atoms with Crippen LogP contribution in [0.1, 0.15) is 84.8 Å². The molecule has 1 aliphatic carbocycles. The molecular weight excluding hydrogens is 1370 g/mol. The Labute approximate surface area is 582 Å². The predicted molar refractivity (Wildman–Crippen MR) is 349 cm³/mol. The molecule has 0 fully saturated rings. The van der Waals surface area contributed by atoms with Crippen molar-refractivity contribution in [1.29, 1.82) is 0 Å². The van der Waals surface area contributed by atoms with Gasteiger partial charge in [-0.3, -0.25) is 57.5 Å². The van der Waals surface area contributed by atoms with Gasteiger partial charge in [0.25, 0.3) is 0 Å². The van der Waals surface area contributed by atoms with Crippen molar-refractivity contribution in [3.05, 3.63) is 87.6 Å². The van der Waals surface area contributed by atoms with Crippen LogP contribution in [0.4, 0.5) is 20.2 Å². The Morgan fingerprint density at radius 3 is 1.52 bits per heavy atom. The monoisotopic (exact) mass is 1440 g/mol. The first kappa shape index (κ1) is 81.3. The number of aryl methyl sites for hydroxylation is 1. The van der Waals surface area contributed by atoms with Crippen molar-refractivity contribution in [2.24, 2.45) is 0 Å². The summed E-state index contributed by atoms with van der Waals surface area (Å²) in [6, 6.07) is 11.4. The molecule has 2 amide bonds. The highest BCUT2D eigenvalue weighted by molar-refractivity contribution is 6.17. The van der Waals surface area contributed by atoms with Gasteiger partial charge in [-0.05, 0) is 67.3 Å². The van der Waals surface area contributed by atoms with Gasteiger partial charge in [0.2, 0.25) is 51.2 Å². The third kappa shape index (κ3) is 28.4. The average Bonchev–Trinajstić information content (AvgIpc) is 0.734. The van der Waals surface area contributed by atoms with Crippen LogP contribution in [0.15, 0.2) is 63.8 Å². The molecule has 1 heterocycles. The number of hydrogen-bond acceptors (Lipinski definition) is 29. The maximum Gasteiger partial charge on any atom is 0.328 e. The second-order valence-corrected chi connectivity index (χ2v) is 22.1. The Balaban J connectivity index is 1.62. The first-order valence-electron chi connectivity index (χ1n) is 31.3. The van der Waals surface area contributed by atoms with Crippen molar-refractivity contribution in [2.75, 3.05) is 129 Å². The van der Waals surface area contributed by atoms with Gasteiger partial charge in [-0.2, -0.15) is 0 Å². The predicted octanol–water partition coefficient (Wildman–Crippen LogP) is 6.06. The third-order valence-corrected chi connectivity index (χ3v) is 14.2. The Kier molecular flexibility index (Phi) is 34.2. The molecular formula is C67H79ClF2N4O27. The van der Waals surface area contributed by atoms with Gasteiger partial charge in [-0.25, -0.2) is 8.78 Å². The summed E-state index contributed by atoms with van der Waals surface area (Å²) in [5.74, 6) is -12.2. The second-order valence-electron chi connectivity index (χ2n) is 21.7.